The van der Waals surface area contributed by atoms with Gasteiger partial charge in [-0.05, 0) is 113 Å². The first-order valence-electron chi connectivity index (χ1n) is 14.7. The molecule has 4 rings (SSSR count). The number of likely N-dealkylation sites (N-methyl/N-ethyl adjacent to an activating group) is 1. The van der Waals surface area contributed by atoms with Crippen LogP contribution in [-0.2, 0) is 19.1 Å². The van der Waals surface area contributed by atoms with Crippen LogP contribution in [-0.4, -0.2) is 67.3 Å². The summed E-state index contributed by atoms with van der Waals surface area (Å²) in [6.07, 6.45) is 10.3. The number of nitrogens with zero attached hydrogens (tertiary/aromatic N) is 1. The highest BCUT2D eigenvalue weighted by molar-refractivity contribution is 5.79. The minimum absolute atomic E-state index is 0.168. The lowest BCUT2D eigenvalue weighted by molar-refractivity contribution is -0.177. The van der Waals surface area contributed by atoms with Gasteiger partial charge < -0.3 is 14.6 Å². The van der Waals surface area contributed by atoms with Crippen LogP contribution in [0, 0.1) is 40.4 Å². The number of carbonyl (C=O) groups excluding carboxylic acids is 2. The van der Waals surface area contributed by atoms with Gasteiger partial charge in [-0.3, -0.25) is 14.5 Å². The number of esters is 1. The van der Waals surface area contributed by atoms with E-state index >= 15 is 0 Å². The van der Waals surface area contributed by atoms with Crippen molar-refractivity contribution >= 4 is 11.8 Å². The van der Waals surface area contributed by atoms with Crippen molar-refractivity contribution in [3.63, 3.8) is 0 Å². The second-order valence-electron chi connectivity index (χ2n) is 13.2. The molecule has 6 heteroatoms. The standard InChI is InChI=1S/C30H51NO5/c1-6-7-14-31(5)19-28(34)36-16-15-35-27-18-30(4)21(17-26(27)33)8-9-22-24-11-10-23(20(2)32)29(24,3)13-12-25(22)30/h21-27,33H,6-19H2,1-5H3/t21-,22-,23+,24-,25-,26-,27-,29+,30-/m0/s1. The van der Waals surface area contributed by atoms with Crippen molar-refractivity contribution in [2.45, 2.75) is 104 Å². The van der Waals surface area contributed by atoms with Gasteiger partial charge in [-0.15, -0.1) is 0 Å². The summed E-state index contributed by atoms with van der Waals surface area (Å²) in [6.45, 7) is 10.6. The van der Waals surface area contributed by atoms with E-state index in [9.17, 15) is 14.7 Å². The third-order valence-electron chi connectivity index (χ3n) is 11.1. The van der Waals surface area contributed by atoms with Crippen LogP contribution in [0.25, 0.3) is 0 Å². The Morgan fingerprint density at radius 1 is 1.03 bits per heavy atom. The predicted octanol–water partition coefficient (Wildman–Crippen LogP) is 4.87. The molecule has 4 fully saturated rings. The zero-order chi connectivity index (χ0) is 26.1. The number of Topliss-reactive ketones (excluding diaryl/α,β-unsaturated/α-hetero) is 1. The maximum absolute atomic E-state index is 12.4. The van der Waals surface area contributed by atoms with Crippen molar-refractivity contribution in [1.29, 1.82) is 0 Å². The van der Waals surface area contributed by atoms with E-state index in [1.165, 1.54) is 25.7 Å². The fraction of sp³-hybridized carbons (Fsp3) is 0.933. The number of fused-ring (bicyclic) bond motifs is 5. The minimum Gasteiger partial charge on any atom is -0.462 e. The van der Waals surface area contributed by atoms with Gasteiger partial charge in [0.05, 0.1) is 25.4 Å². The van der Waals surface area contributed by atoms with Crippen LogP contribution in [0.15, 0.2) is 0 Å². The number of hydrogen-bond donors (Lipinski definition) is 1. The molecule has 0 aromatic heterocycles. The molecule has 0 aromatic rings. The van der Waals surface area contributed by atoms with Gasteiger partial charge in [-0.25, -0.2) is 0 Å². The third kappa shape index (κ3) is 5.42. The number of carbonyl (C=O) groups is 2. The van der Waals surface area contributed by atoms with Gasteiger partial charge in [-0.1, -0.05) is 27.2 Å². The van der Waals surface area contributed by atoms with Crippen molar-refractivity contribution in [2.75, 3.05) is 33.4 Å². The third-order valence-corrected chi connectivity index (χ3v) is 11.1. The van der Waals surface area contributed by atoms with E-state index in [1.807, 2.05) is 11.9 Å². The molecular weight excluding hydrogens is 454 g/mol. The molecule has 0 radical (unpaired) electrons. The van der Waals surface area contributed by atoms with Gasteiger partial charge in [0.25, 0.3) is 0 Å². The number of aliphatic hydroxyl groups excluding tert-OH is 1. The smallest absolute Gasteiger partial charge is 0.320 e. The Morgan fingerprint density at radius 3 is 2.50 bits per heavy atom. The Morgan fingerprint density at radius 2 is 1.78 bits per heavy atom. The van der Waals surface area contributed by atoms with Crippen molar-refractivity contribution in [2.24, 2.45) is 40.4 Å². The van der Waals surface area contributed by atoms with Gasteiger partial charge >= 0.3 is 5.97 Å². The van der Waals surface area contributed by atoms with Crippen LogP contribution in [0.2, 0.25) is 0 Å². The molecule has 36 heavy (non-hydrogen) atoms. The number of rotatable bonds is 10. The quantitative estimate of drug-likeness (QED) is 0.337. The number of ether oxygens (including phenoxy) is 2. The summed E-state index contributed by atoms with van der Waals surface area (Å²) >= 11 is 0. The van der Waals surface area contributed by atoms with Crippen LogP contribution in [0.5, 0.6) is 0 Å². The van der Waals surface area contributed by atoms with E-state index in [0.29, 0.717) is 42.6 Å². The molecule has 0 saturated heterocycles. The molecule has 6 nitrogen and oxygen atoms in total. The molecule has 0 heterocycles. The van der Waals surface area contributed by atoms with Crippen LogP contribution in [0.3, 0.4) is 0 Å². The lowest BCUT2D eigenvalue weighted by Gasteiger charge is -2.61. The Labute approximate surface area is 218 Å². The van der Waals surface area contributed by atoms with Crippen LogP contribution in [0.4, 0.5) is 0 Å². The Kier molecular flexibility index (Phi) is 8.89. The first-order chi connectivity index (χ1) is 17.1. The molecule has 206 valence electrons. The Hall–Kier alpha value is -0.980. The summed E-state index contributed by atoms with van der Waals surface area (Å²) in [4.78, 5) is 26.5. The number of hydrogen-bond acceptors (Lipinski definition) is 6. The van der Waals surface area contributed by atoms with Gasteiger partial charge in [0.2, 0.25) is 0 Å². The number of ketones is 1. The molecule has 1 N–H and O–H groups in total. The fourth-order valence-corrected chi connectivity index (χ4v) is 9.22. The van der Waals surface area contributed by atoms with E-state index in [-0.39, 0.29) is 35.4 Å². The summed E-state index contributed by atoms with van der Waals surface area (Å²) in [5, 5.41) is 10.9. The lowest BCUT2D eigenvalue weighted by Crippen LogP contribution is -2.57. The Bertz CT molecular complexity index is 787. The fourth-order valence-electron chi connectivity index (χ4n) is 9.22. The molecule has 0 bridgehead atoms. The van der Waals surface area contributed by atoms with Crippen molar-refractivity contribution in [3.8, 4) is 0 Å². The molecular formula is C30H51NO5. The van der Waals surface area contributed by atoms with E-state index in [2.05, 4.69) is 20.8 Å². The normalized spacial score (nSPS) is 41.9. The Balaban J connectivity index is 1.32. The average Bonchev–Trinajstić information content (AvgIpc) is 3.18. The topological polar surface area (TPSA) is 76.1 Å². The molecule has 9 atom stereocenters. The molecule has 0 aromatic carbocycles. The van der Waals surface area contributed by atoms with Gasteiger partial charge in [0, 0.05) is 5.92 Å². The number of aliphatic hydroxyl groups is 1. The highest BCUT2D eigenvalue weighted by Gasteiger charge is 2.61. The predicted molar refractivity (Wildman–Crippen MR) is 140 cm³/mol. The molecule has 0 amide bonds. The largest absolute Gasteiger partial charge is 0.462 e. The van der Waals surface area contributed by atoms with Crippen molar-refractivity contribution in [1.82, 2.24) is 4.90 Å². The summed E-state index contributed by atoms with van der Waals surface area (Å²) in [7, 11) is 1.94. The molecule has 4 aliphatic rings. The van der Waals surface area contributed by atoms with E-state index in [1.54, 1.807) is 6.92 Å². The lowest BCUT2D eigenvalue weighted by atomic mass is 9.44. The monoisotopic (exact) mass is 505 g/mol. The van der Waals surface area contributed by atoms with Crippen LogP contribution < -0.4 is 0 Å². The molecule has 0 unspecified atom stereocenters. The first kappa shape index (κ1) is 28.0. The summed E-state index contributed by atoms with van der Waals surface area (Å²) in [5.74, 6) is 2.96. The highest BCUT2D eigenvalue weighted by atomic mass is 16.6. The molecule has 4 saturated carbocycles. The zero-order valence-electron chi connectivity index (χ0n) is 23.5. The molecule has 0 aliphatic heterocycles. The second-order valence-corrected chi connectivity index (χ2v) is 13.2. The SMILES string of the molecule is CCCCN(C)CC(=O)OCCO[C@H]1C[C@@]2(C)[C@@H](CC[C@@H]3[C@@H]2CC[C@]2(C)[C@@H](C(C)=O)CC[C@@H]32)C[C@@H]1O. The maximum Gasteiger partial charge on any atom is 0.320 e. The van der Waals surface area contributed by atoms with Crippen molar-refractivity contribution < 1.29 is 24.2 Å². The summed E-state index contributed by atoms with van der Waals surface area (Å²) < 4.78 is 11.6. The van der Waals surface area contributed by atoms with Crippen LogP contribution in [0.1, 0.15) is 91.9 Å². The van der Waals surface area contributed by atoms with Gasteiger partial charge in [-0.2, -0.15) is 0 Å². The van der Waals surface area contributed by atoms with Crippen molar-refractivity contribution in [3.05, 3.63) is 0 Å². The summed E-state index contributed by atoms with van der Waals surface area (Å²) in [6, 6.07) is 0. The number of unbranched alkanes of at least 4 members (excludes halogenated alkanes) is 1. The highest BCUT2D eigenvalue weighted by Crippen LogP contribution is 2.67. The average molecular weight is 506 g/mol. The van der Waals surface area contributed by atoms with Crippen LogP contribution >= 0.6 is 0 Å². The van der Waals surface area contributed by atoms with Gasteiger partial charge in [0.1, 0.15) is 12.4 Å². The molecule has 4 aliphatic carbocycles. The van der Waals surface area contributed by atoms with E-state index in [4.69, 9.17) is 9.47 Å². The minimum atomic E-state index is -0.446. The molecule has 0 spiro atoms. The first-order valence-corrected chi connectivity index (χ1v) is 14.7. The van der Waals surface area contributed by atoms with Gasteiger partial charge in [0.15, 0.2) is 0 Å². The van der Waals surface area contributed by atoms with E-state index < -0.39 is 6.10 Å². The summed E-state index contributed by atoms with van der Waals surface area (Å²) in [5.41, 5.74) is 0.343. The van der Waals surface area contributed by atoms with E-state index in [0.717, 1.165) is 45.1 Å². The second kappa shape index (κ2) is 11.4. The zero-order valence-corrected chi connectivity index (χ0v) is 23.5. The maximum atomic E-state index is 12.4.